The molecule has 0 bridgehead atoms. The molecular formula is C25H30ClN3O. The molecule has 1 saturated heterocycles. The molecule has 1 aromatic heterocycles. The number of likely N-dealkylation sites (tertiary alicyclic amines) is 1. The van der Waals surface area contributed by atoms with Crippen molar-refractivity contribution in [3.05, 3.63) is 90.3 Å². The van der Waals surface area contributed by atoms with E-state index < -0.39 is 0 Å². The van der Waals surface area contributed by atoms with Gasteiger partial charge >= 0.3 is 0 Å². The molecule has 1 aliphatic heterocycles. The molecule has 0 atom stereocenters. The first-order valence-electron chi connectivity index (χ1n) is 10.5. The molecule has 1 amide bonds. The second-order valence-corrected chi connectivity index (χ2v) is 7.88. The monoisotopic (exact) mass is 423 g/mol. The van der Waals surface area contributed by atoms with Crippen LogP contribution in [0.25, 0.3) is 5.69 Å². The molecule has 0 unspecified atom stereocenters. The Morgan fingerprint density at radius 2 is 1.57 bits per heavy atom. The van der Waals surface area contributed by atoms with Crippen molar-refractivity contribution in [2.45, 2.75) is 25.3 Å². The molecular weight excluding hydrogens is 394 g/mol. The maximum Gasteiger partial charge on any atom is 0.253 e. The van der Waals surface area contributed by atoms with Crippen molar-refractivity contribution in [2.24, 2.45) is 0 Å². The van der Waals surface area contributed by atoms with Crippen molar-refractivity contribution in [1.82, 2.24) is 14.4 Å². The number of amides is 1. The normalized spacial score (nSPS) is 14.5. The summed E-state index contributed by atoms with van der Waals surface area (Å²) in [4.78, 5) is 17.4. The highest BCUT2D eigenvalue weighted by Gasteiger charge is 2.25. The van der Waals surface area contributed by atoms with Gasteiger partial charge in [-0.3, -0.25) is 4.79 Å². The summed E-state index contributed by atoms with van der Waals surface area (Å²) in [7, 11) is 2.21. The first kappa shape index (κ1) is 22.1. The van der Waals surface area contributed by atoms with Crippen molar-refractivity contribution < 1.29 is 4.79 Å². The van der Waals surface area contributed by atoms with Gasteiger partial charge in [0.15, 0.2) is 0 Å². The number of nitrogens with zero attached hydrogens (tertiary/aromatic N) is 3. The minimum Gasteiger partial charge on any atom is -0.339 e. The van der Waals surface area contributed by atoms with Gasteiger partial charge in [0.25, 0.3) is 5.91 Å². The number of benzene rings is 2. The molecule has 1 fully saturated rings. The third kappa shape index (κ3) is 5.32. The van der Waals surface area contributed by atoms with E-state index in [1.54, 1.807) is 0 Å². The van der Waals surface area contributed by atoms with Crippen LogP contribution < -0.4 is 0 Å². The van der Waals surface area contributed by atoms with Crippen LogP contribution in [0.1, 0.15) is 28.8 Å². The molecule has 0 spiro atoms. The summed E-state index contributed by atoms with van der Waals surface area (Å²) in [5.41, 5.74) is 3.23. The van der Waals surface area contributed by atoms with Gasteiger partial charge in [-0.2, -0.15) is 0 Å². The summed E-state index contributed by atoms with van der Waals surface area (Å²) in [5.74, 6) is 0.148. The molecule has 0 N–H and O–H groups in total. The molecule has 5 heteroatoms. The van der Waals surface area contributed by atoms with Gasteiger partial charge < -0.3 is 14.4 Å². The Hall–Kier alpha value is -2.56. The highest BCUT2D eigenvalue weighted by Crippen LogP contribution is 2.19. The second-order valence-electron chi connectivity index (χ2n) is 7.88. The van der Waals surface area contributed by atoms with E-state index in [9.17, 15) is 4.79 Å². The third-order valence-corrected chi connectivity index (χ3v) is 5.99. The Kier molecular flexibility index (Phi) is 7.72. The van der Waals surface area contributed by atoms with Crippen LogP contribution >= 0.6 is 12.4 Å². The molecule has 158 valence electrons. The fraction of sp³-hybridized carbons (Fsp3) is 0.320. The van der Waals surface area contributed by atoms with Gasteiger partial charge in [-0.15, -0.1) is 12.4 Å². The summed E-state index contributed by atoms with van der Waals surface area (Å²) in [6, 6.07) is 23.1. The molecule has 2 aromatic carbocycles. The van der Waals surface area contributed by atoms with Crippen molar-refractivity contribution in [1.29, 1.82) is 0 Å². The fourth-order valence-electron chi connectivity index (χ4n) is 4.11. The number of carbonyl (C=O) groups excluding carboxylic acids is 1. The van der Waals surface area contributed by atoms with Gasteiger partial charge in [0.2, 0.25) is 0 Å². The average Bonchev–Trinajstić information content (AvgIpc) is 3.33. The third-order valence-electron chi connectivity index (χ3n) is 5.99. The molecule has 0 radical (unpaired) electrons. The van der Waals surface area contributed by atoms with E-state index in [0.717, 1.165) is 50.1 Å². The first-order valence-corrected chi connectivity index (χ1v) is 10.5. The lowest BCUT2D eigenvalue weighted by molar-refractivity contribution is 0.0647. The van der Waals surface area contributed by atoms with Gasteiger partial charge in [-0.25, -0.2) is 0 Å². The topological polar surface area (TPSA) is 28.5 Å². The predicted octanol–water partition coefficient (Wildman–Crippen LogP) is 4.68. The number of aromatic nitrogens is 1. The first-order chi connectivity index (χ1) is 14.2. The molecule has 1 aliphatic rings. The molecule has 3 aromatic rings. The van der Waals surface area contributed by atoms with Crippen LogP contribution in [-0.4, -0.2) is 53.0 Å². The minimum absolute atomic E-state index is 0. The number of hydrogen-bond acceptors (Lipinski definition) is 2. The van der Waals surface area contributed by atoms with Gasteiger partial charge in [-0.1, -0.05) is 30.3 Å². The summed E-state index contributed by atoms with van der Waals surface area (Å²) < 4.78 is 2.05. The molecule has 4 nitrogen and oxygen atoms in total. The van der Waals surface area contributed by atoms with E-state index in [2.05, 4.69) is 42.3 Å². The number of rotatable bonds is 6. The number of likely N-dealkylation sites (N-methyl/N-ethyl adjacent to an activating group) is 1. The van der Waals surface area contributed by atoms with Crippen LogP contribution in [0.3, 0.4) is 0 Å². The standard InChI is InChI=1S/C25H29N3O.ClH/c1-26(18-13-21-7-3-2-4-8-21)23-14-19-28(20-15-23)25(29)22-9-11-24(12-10-22)27-16-5-6-17-27;/h2-12,16-17,23H,13-15,18-20H2,1H3;1H. The van der Waals surface area contributed by atoms with Crippen molar-refractivity contribution in [3.63, 3.8) is 0 Å². The van der Waals surface area contributed by atoms with Crippen molar-refractivity contribution in [3.8, 4) is 5.69 Å². The van der Waals surface area contributed by atoms with Crippen LogP contribution in [0, 0.1) is 0 Å². The van der Waals surface area contributed by atoms with E-state index in [-0.39, 0.29) is 18.3 Å². The number of piperidine rings is 1. The quantitative estimate of drug-likeness (QED) is 0.576. The van der Waals surface area contributed by atoms with Gasteiger partial charge in [-0.05, 0) is 68.3 Å². The Bertz CT molecular complexity index is 901. The molecule has 2 heterocycles. The highest BCUT2D eigenvalue weighted by molar-refractivity contribution is 5.94. The SMILES string of the molecule is CN(CCc1ccccc1)C1CCN(C(=O)c2ccc(-n3cccc3)cc2)CC1.Cl. The van der Waals surface area contributed by atoms with Crippen LogP contribution in [0.5, 0.6) is 0 Å². The van der Waals surface area contributed by atoms with Crippen LogP contribution in [-0.2, 0) is 6.42 Å². The van der Waals surface area contributed by atoms with Crippen LogP contribution in [0.4, 0.5) is 0 Å². The summed E-state index contributed by atoms with van der Waals surface area (Å²) in [6.45, 7) is 2.72. The molecule has 0 aliphatic carbocycles. The van der Waals surface area contributed by atoms with Crippen LogP contribution in [0.15, 0.2) is 79.1 Å². The Balaban J connectivity index is 0.00000256. The summed E-state index contributed by atoms with van der Waals surface area (Å²) in [5, 5.41) is 0. The van der Waals surface area contributed by atoms with E-state index in [0.29, 0.717) is 6.04 Å². The Morgan fingerprint density at radius 1 is 0.933 bits per heavy atom. The Morgan fingerprint density at radius 3 is 2.20 bits per heavy atom. The predicted molar refractivity (Wildman–Crippen MR) is 125 cm³/mol. The molecule has 30 heavy (non-hydrogen) atoms. The minimum atomic E-state index is 0. The highest BCUT2D eigenvalue weighted by atomic mass is 35.5. The van der Waals surface area contributed by atoms with E-state index in [1.165, 1.54) is 5.56 Å². The zero-order valence-corrected chi connectivity index (χ0v) is 18.3. The lowest BCUT2D eigenvalue weighted by Crippen LogP contribution is -2.46. The second kappa shape index (κ2) is 10.5. The largest absolute Gasteiger partial charge is 0.339 e. The number of halogens is 1. The maximum absolute atomic E-state index is 12.9. The van der Waals surface area contributed by atoms with Gasteiger partial charge in [0, 0.05) is 49.3 Å². The maximum atomic E-state index is 12.9. The average molecular weight is 424 g/mol. The Labute approximate surface area is 185 Å². The molecule has 4 rings (SSSR count). The van der Waals surface area contributed by atoms with Gasteiger partial charge in [0.1, 0.15) is 0 Å². The van der Waals surface area contributed by atoms with E-state index in [1.807, 2.05) is 58.3 Å². The van der Waals surface area contributed by atoms with E-state index >= 15 is 0 Å². The van der Waals surface area contributed by atoms with Crippen molar-refractivity contribution in [2.75, 3.05) is 26.7 Å². The summed E-state index contributed by atoms with van der Waals surface area (Å²) in [6.07, 6.45) is 7.17. The summed E-state index contributed by atoms with van der Waals surface area (Å²) >= 11 is 0. The smallest absolute Gasteiger partial charge is 0.253 e. The molecule has 0 saturated carbocycles. The van der Waals surface area contributed by atoms with E-state index in [4.69, 9.17) is 0 Å². The lowest BCUT2D eigenvalue weighted by Gasteiger charge is -2.37. The zero-order chi connectivity index (χ0) is 20.1. The lowest BCUT2D eigenvalue weighted by atomic mass is 10.0. The number of carbonyl (C=O) groups is 1. The van der Waals surface area contributed by atoms with Crippen LogP contribution in [0.2, 0.25) is 0 Å². The zero-order valence-electron chi connectivity index (χ0n) is 17.5. The van der Waals surface area contributed by atoms with Gasteiger partial charge in [0.05, 0.1) is 0 Å². The van der Waals surface area contributed by atoms with Crippen molar-refractivity contribution >= 4 is 18.3 Å². The fourth-order valence-corrected chi connectivity index (χ4v) is 4.11. The number of hydrogen-bond donors (Lipinski definition) is 0.